The van der Waals surface area contributed by atoms with Crippen LogP contribution in [0.2, 0.25) is 0 Å². The summed E-state index contributed by atoms with van der Waals surface area (Å²) in [6, 6.07) is 18.7. The van der Waals surface area contributed by atoms with E-state index in [0.717, 1.165) is 30.7 Å². The lowest BCUT2D eigenvalue weighted by molar-refractivity contribution is 0.557. The average molecular weight is 275 g/mol. The molecule has 0 amide bonds. The van der Waals surface area contributed by atoms with Crippen LogP contribution in [-0.2, 0) is 6.54 Å². The van der Waals surface area contributed by atoms with Gasteiger partial charge in [0.15, 0.2) is 0 Å². The van der Waals surface area contributed by atoms with Gasteiger partial charge in [-0.1, -0.05) is 48.5 Å². The van der Waals surface area contributed by atoms with E-state index < -0.39 is 0 Å². The van der Waals surface area contributed by atoms with Gasteiger partial charge >= 0.3 is 0 Å². The molecule has 0 atom stereocenters. The molecule has 0 saturated carbocycles. The SMILES string of the molecule is Nc1nc2ccccc2c(-c2ccccc2)c1CN1CC1. The largest absolute Gasteiger partial charge is 0.383 e. The number of nitrogens with two attached hydrogens (primary N) is 1. The summed E-state index contributed by atoms with van der Waals surface area (Å²) in [4.78, 5) is 6.96. The number of para-hydroxylation sites is 1. The van der Waals surface area contributed by atoms with E-state index >= 15 is 0 Å². The van der Waals surface area contributed by atoms with E-state index in [1.807, 2.05) is 18.2 Å². The second-order valence-electron chi connectivity index (χ2n) is 5.51. The number of benzene rings is 2. The molecule has 0 bridgehead atoms. The van der Waals surface area contributed by atoms with Gasteiger partial charge in [-0.15, -0.1) is 0 Å². The number of nitrogen functional groups attached to an aromatic ring is 1. The molecule has 2 aromatic carbocycles. The predicted octanol–water partition coefficient (Wildman–Crippen LogP) is 3.30. The maximum Gasteiger partial charge on any atom is 0.129 e. The Kier molecular flexibility index (Phi) is 2.86. The van der Waals surface area contributed by atoms with E-state index in [0.29, 0.717) is 5.82 Å². The van der Waals surface area contributed by atoms with Gasteiger partial charge < -0.3 is 5.73 Å². The topological polar surface area (TPSA) is 41.9 Å². The van der Waals surface area contributed by atoms with Crippen LogP contribution in [0.25, 0.3) is 22.0 Å². The fraction of sp³-hybridized carbons (Fsp3) is 0.167. The molecular weight excluding hydrogens is 258 g/mol. The number of anilines is 1. The minimum Gasteiger partial charge on any atom is -0.383 e. The van der Waals surface area contributed by atoms with Gasteiger partial charge in [0.2, 0.25) is 0 Å². The van der Waals surface area contributed by atoms with Gasteiger partial charge in [0.1, 0.15) is 5.82 Å². The molecule has 0 unspecified atom stereocenters. The molecule has 0 aliphatic carbocycles. The van der Waals surface area contributed by atoms with Gasteiger partial charge in [-0.3, -0.25) is 4.90 Å². The summed E-state index contributed by atoms with van der Waals surface area (Å²) in [7, 11) is 0. The van der Waals surface area contributed by atoms with Crippen LogP contribution in [0.5, 0.6) is 0 Å². The van der Waals surface area contributed by atoms with Crippen molar-refractivity contribution < 1.29 is 0 Å². The predicted molar refractivity (Wildman–Crippen MR) is 86.9 cm³/mol. The van der Waals surface area contributed by atoms with E-state index in [2.05, 4.69) is 46.3 Å². The molecule has 1 aliphatic heterocycles. The van der Waals surface area contributed by atoms with Crippen LogP contribution in [0.4, 0.5) is 5.82 Å². The minimum atomic E-state index is 0.652. The molecule has 1 saturated heterocycles. The zero-order chi connectivity index (χ0) is 14.2. The van der Waals surface area contributed by atoms with Crippen LogP contribution in [0, 0.1) is 0 Å². The molecule has 1 aliphatic rings. The molecule has 3 nitrogen and oxygen atoms in total. The molecule has 1 aromatic heterocycles. The molecule has 104 valence electrons. The first-order valence-corrected chi connectivity index (χ1v) is 7.28. The van der Waals surface area contributed by atoms with Crippen LogP contribution in [0.15, 0.2) is 54.6 Å². The first kappa shape index (κ1) is 12.4. The van der Waals surface area contributed by atoms with E-state index in [4.69, 9.17) is 5.73 Å². The average Bonchev–Trinajstić information content (AvgIpc) is 3.33. The van der Waals surface area contributed by atoms with Crippen molar-refractivity contribution in [2.45, 2.75) is 6.54 Å². The van der Waals surface area contributed by atoms with E-state index in [-0.39, 0.29) is 0 Å². The smallest absolute Gasteiger partial charge is 0.129 e. The van der Waals surface area contributed by atoms with Crippen LogP contribution < -0.4 is 5.73 Å². The molecule has 21 heavy (non-hydrogen) atoms. The molecule has 0 radical (unpaired) electrons. The van der Waals surface area contributed by atoms with Gasteiger partial charge in [0.25, 0.3) is 0 Å². The van der Waals surface area contributed by atoms with Crippen molar-refractivity contribution in [1.29, 1.82) is 0 Å². The minimum absolute atomic E-state index is 0.652. The number of hydrogen-bond acceptors (Lipinski definition) is 3. The molecular formula is C18H17N3. The van der Waals surface area contributed by atoms with Crippen molar-refractivity contribution in [2.75, 3.05) is 18.8 Å². The van der Waals surface area contributed by atoms with Crippen molar-refractivity contribution >= 4 is 16.7 Å². The summed E-state index contributed by atoms with van der Waals surface area (Å²) in [6.07, 6.45) is 0. The molecule has 2 heterocycles. The summed E-state index contributed by atoms with van der Waals surface area (Å²) in [5, 5.41) is 1.18. The van der Waals surface area contributed by atoms with E-state index in [1.54, 1.807) is 0 Å². The van der Waals surface area contributed by atoms with Crippen LogP contribution in [-0.4, -0.2) is 23.0 Å². The highest BCUT2D eigenvalue weighted by molar-refractivity contribution is 5.98. The van der Waals surface area contributed by atoms with Crippen molar-refractivity contribution in [3.8, 4) is 11.1 Å². The Hall–Kier alpha value is -2.39. The maximum absolute atomic E-state index is 6.26. The Morgan fingerprint density at radius 2 is 1.67 bits per heavy atom. The van der Waals surface area contributed by atoms with Crippen molar-refractivity contribution in [1.82, 2.24) is 9.88 Å². The second kappa shape index (κ2) is 4.86. The normalized spacial score (nSPS) is 14.5. The second-order valence-corrected chi connectivity index (χ2v) is 5.51. The maximum atomic E-state index is 6.26. The number of pyridine rings is 1. The third kappa shape index (κ3) is 2.26. The van der Waals surface area contributed by atoms with Crippen LogP contribution >= 0.6 is 0 Å². The number of nitrogens with zero attached hydrogens (tertiary/aromatic N) is 2. The highest BCUT2D eigenvalue weighted by Crippen LogP contribution is 2.35. The number of hydrogen-bond donors (Lipinski definition) is 1. The lowest BCUT2D eigenvalue weighted by Gasteiger charge is -2.15. The third-order valence-electron chi connectivity index (χ3n) is 4.01. The highest BCUT2D eigenvalue weighted by atomic mass is 15.3. The van der Waals surface area contributed by atoms with Gasteiger partial charge in [0, 0.05) is 30.6 Å². The summed E-state index contributed by atoms with van der Waals surface area (Å²) in [5.74, 6) is 0.652. The first-order valence-electron chi connectivity index (χ1n) is 7.28. The standard InChI is InChI=1S/C18H17N3/c19-18-15(12-21-10-11-21)17(13-6-2-1-3-7-13)14-8-4-5-9-16(14)20-18/h1-9H,10-12H2,(H2,19,20). The fourth-order valence-corrected chi connectivity index (χ4v) is 2.82. The molecule has 4 rings (SSSR count). The molecule has 0 spiro atoms. The Bertz CT molecular complexity index is 792. The molecule has 2 N–H and O–H groups in total. The van der Waals surface area contributed by atoms with Crippen molar-refractivity contribution in [2.24, 2.45) is 0 Å². The van der Waals surface area contributed by atoms with Gasteiger partial charge in [-0.05, 0) is 17.2 Å². The number of fused-ring (bicyclic) bond motifs is 1. The Morgan fingerprint density at radius 3 is 2.43 bits per heavy atom. The number of rotatable bonds is 3. The lowest BCUT2D eigenvalue weighted by Crippen LogP contribution is -2.06. The molecule has 1 fully saturated rings. The van der Waals surface area contributed by atoms with Gasteiger partial charge in [-0.25, -0.2) is 4.98 Å². The summed E-state index contributed by atoms with van der Waals surface area (Å²) in [6.45, 7) is 3.19. The molecule has 3 heteroatoms. The van der Waals surface area contributed by atoms with Gasteiger partial charge in [-0.2, -0.15) is 0 Å². The lowest BCUT2D eigenvalue weighted by atomic mass is 9.95. The third-order valence-corrected chi connectivity index (χ3v) is 4.01. The van der Waals surface area contributed by atoms with E-state index in [9.17, 15) is 0 Å². The monoisotopic (exact) mass is 275 g/mol. The summed E-state index contributed by atoms with van der Waals surface area (Å²) in [5.41, 5.74) is 10.8. The summed E-state index contributed by atoms with van der Waals surface area (Å²) >= 11 is 0. The van der Waals surface area contributed by atoms with Gasteiger partial charge in [0.05, 0.1) is 5.52 Å². The van der Waals surface area contributed by atoms with Crippen molar-refractivity contribution in [3.63, 3.8) is 0 Å². The highest BCUT2D eigenvalue weighted by Gasteiger charge is 2.22. The quantitative estimate of drug-likeness (QED) is 0.746. The zero-order valence-electron chi connectivity index (χ0n) is 11.8. The van der Waals surface area contributed by atoms with Crippen molar-refractivity contribution in [3.05, 3.63) is 60.2 Å². The fourth-order valence-electron chi connectivity index (χ4n) is 2.82. The van der Waals surface area contributed by atoms with Crippen LogP contribution in [0.3, 0.4) is 0 Å². The zero-order valence-corrected chi connectivity index (χ0v) is 11.8. The van der Waals surface area contributed by atoms with Crippen LogP contribution in [0.1, 0.15) is 5.56 Å². The Labute approximate surface area is 124 Å². The Morgan fingerprint density at radius 1 is 0.952 bits per heavy atom. The Balaban J connectivity index is 2.02. The number of aromatic nitrogens is 1. The van der Waals surface area contributed by atoms with E-state index in [1.165, 1.54) is 16.5 Å². The first-order chi connectivity index (χ1) is 10.3. The summed E-state index contributed by atoms with van der Waals surface area (Å²) < 4.78 is 0. The molecule has 3 aromatic rings.